The molecule has 3 aromatic rings. The van der Waals surface area contributed by atoms with E-state index in [0.29, 0.717) is 52.1 Å². The van der Waals surface area contributed by atoms with E-state index < -0.39 is 16.8 Å². The Morgan fingerprint density at radius 1 is 1.19 bits per heavy atom. The van der Waals surface area contributed by atoms with Crippen LogP contribution in [0.15, 0.2) is 40.5 Å². The number of ketones is 1. The standard InChI is InChI=1S/C22H17N3O7.2C2H6/c1-10-18(22(28)31-2)19-13-5-6-24(14(13)9-15(26)20(19)23-10)21(27)17-8-11-7-12(25(29)30)3-4-16(11)32-17;2*1-2/h3-4,7-9,13,23H,5-6H2,1-2H3;2*1-2H3. The second-order valence-electron chi connectivity index (χ2n) is 7.73. The van der Waals surface area contributed by atoms with E-state index in [4.69, 9.17) is 9.15 Å². The Kier molecular flexibility index (Phi) is 7.77. The molecule has 0 spiro atoms. The fourth-order valence-electron chi connectivity index (χ4n) is 4.55. The maximum Gasteiger partial charge on any atom is 0.340 e. The van der Waals surface area contributed by atoms with E-state index in [-0.39, 0.29) is 23.1 Å². The minimum atomic E-state index is -0.544. The maximum absolute atomic E-state index is 13.2. The van der Waals surface area contributed by atoms with E-state index >= 15 is 0 Å². The summed E-state index contributed by atoms with van der Waals surface area (Å²) in [6.07, 6.45) is 1.92. The van der Waals surface area contributed by atoms with Gasteiger partial charge in [-0.15, -0.1) is 0 Å². The molecule has 190 valence electrons. The second-order valence-corrected chi connectivity index (χ2v) is 7.73. The Labute approximate surface area is 208 Å². The number of nitrogens with one attached hydrogen (secondary N) is 1. The van der Waals surface area contributed by atoms with Crippen LogP contribution < -0.4 is 0 Å². The highest BCUT2D eigenvalue weighted by Crippen LogP contribution is 2.44. The van der Waals surface area contributed by atoms with E-state index in [2.05, 4.69) is 4.98 Å². The number of amides is 1. The lowest BCUT2D eigenvalue weighted by molar-refractivity contribution is -0.384. The molecule has 1 amide bonds. The van der Waals surface area contributed by atoms with E-state index in [1.807, 2.05) is 27.7 Å². The van der Waals surface area contributed by atoms with Crippen molar-refractivity contribution in [3.05, 3.63) is 74.4 Å². The van der Waals surface area contributed by atoms with Crippen molar-refractivity contribution in [3.8, 4) is 0 Å². The number of non-ortho nitro benzene ring substituents is 1. The molecule has 1 fully saturated rings. The van der Waals surface area contributed by atoms with Crippen LogP contribution in [0.3, 0.4) is 0 Å². The Bertz CT molecular complexity index is 1380. The zero-order valence-electron chi connectivity index (χ0n) is 21.1. The molecular weight excluding hydrogens is 466 g/mol. The molecule has 3 heterocycles. The number of hydrogen-bond acceptors (Lipinski definition) is 7. The summed E-state index contributed by atoms with van der Waals surface area (Å²) >= 11 is 0. The maximum atomic E-state index is 13.2. The van der Waals surface area contributed by atoms with E-state index in [1.165, 1.54) is 42.4 Å². The lowest BCUT2D eigenvalue weighted by Gasteiger charge is -2.23. The molecule has 1 aliphatic heterocycles. The van der Waals surface area contributed by atoms with Crippen LogP contribution in [-0.4, -0.2) is 46.1 Å². The third-order valence-electron chi connectivity index (χ3n) is 5.97. The number of carbonyl (C=O) groups excluding carboxylic acids is 3. The second kappa shape index (κ2) is 10.6. The van der Waals surface area contributed by atoms with Crippen LogP contribution in [-0.2, 0) is 4.74 Å². The highest BCUT2D eigenvalue weighted by molar-refractivity contribution is 6.10. The number of esters is 1. The third-order valence-corrected chi connectivity index (χ3v) is 5.97. The summed E-state index contributed by atoms with van der Waals surface area (Å²) in [6, 6.07) is 5.54. The molecule has 1 saturated heterocycles. The van der Waals surface area contributed by atoms with Gasteiger partial charge in [0.2, 0.25) is 5.78 Å². The number of hydrogen-bond donors (Lipinski definition) is 1. The molecule has 0 saturated carbocycles. The summed E-state index contributed by atoms with van der Waals surface area (Å²) in [5.74, 6) is -1.64. The van der Waals surface area contributed by atoms with Crippen molar-refractivity contribution in [1.29, 1.82) is 0 Å². The molecule has 2 aromatic heterocycles. The van der Waals surface area contributed by atoms with Crippen molar-refractivity contribution >= 4 is 34.3 Å². The Hall–Kier alpha value is -4.21. The number of H-pyrrole nitrogens is 1. The van der Waals surface area contributed by atoms with Gasteiger partial charge in [-0.2, -0.15) is 0 Å². The number of carbonyl (C=O) groups is 3. The van der Waals surface area contributed by atoms with Crippen LogP contribution >= 0.6 is 0 Å². The fourth-order valence-corrected chi connectivity index (χ4v) is 4.55. The molecule has 0 radical (unpaired) electrons. The predicted molar refractivity (Wildman–Crippen MR) is 133 cm³/mol. The summed E-state index contributed by atoms with van der Waals surface area (Å²) in [5, 5.41) is 11.4. The number of aryl methyl sites for hydroxylation is 1. The number of rotatable bonds is 3. The van der Waals surface area contributed by atoms with Crippen molar-refractivity contribution in [3.63, 3.8) is 0 Å². The van der Waals surface area contributed by atoms with Gasteiger partial charge < -0.3 is 19.0 Å². The Morgan fingerprint density at radius 3 is 2.53 bits per heavy atom. The minimum Gasteiger partial charge on any atom is -0.465 e. The first-order valence-electron chi connectivity index (χ1n) is 11.9. The quantitative estimate of drug-likeness (QED) is 0.287. The molecule has 0 bridgehead atoms. The van der Waals surface area contributed by atoms with Crippen LogP contribution in [0.4, 0.5) is 5.69 Å². The topological polar surface area (TPSA) is 136 Å². The van der Waals surface area contributed by atoms with Crippen LogP contribution in [0.25, 0.3) is 11.0 Å². The number of aromatic amines is 1. The molecular formula is C26H29N3O7. The van der Waals surface area contributed by atoms with Crippen molar-refractivity contribution in [2.24, 2.45) is 0 Å². The normalized spacial score (nSPS) is 15.6. The first kappa shape index (κ1) is 26.4. The first-order chi connectivity index (χ1) is 17.3. The van der Waals surface area contributed by atoms with E-state index in [1.54, 1.807) is 6.92 Å². The summed E-state index contributed by atoms with van der Waals surface area (Å²) in [4.78, 5) is 53.3. The number of furan rings is 1. The smallest absolute Gasteiger partial charge is 0.340 e. The number of aromatic nitrogens is 1. The van der Waals surface area contributed by atoms with Gasteiger partial charge in [-0.3, -0.25) is 19.7 Å². The number of likely N-dealkylation sites (tertiary alicyclic amines) is 1. The molecule has 1 aliphatic carbocycles. The Morgan fingerprint density at radius 2 is 1.89 bits per heavy atom. The van der Waals surface area contributed by atoms with Crippen molar-refractivity contribution in [1.82, 2.24) is 9.88 Å². The van der Waals surface area contributed by atoms with Crippen molar-refractivity contribution in [2.45, 2.75) is 47.0 Å². The van der Waals surface area contributed by atoms with Gasteiger partial charge in [0.15, 0.2) is 5.76 Å². The van der Waals surface area contributed by atoms with Gasteiger partial charge >= 0.3 is 5.97 Å². The average molecular weight is 496 g/mol. The highest BCUT2D eigenvalue weighted by Gasteiger charge is 2.43. The van der Waals surface area contributed by atoms with Gasteiger partial charge in [-0.25, -0.2) is 4.79 Å². The molecule has 10 nitrogen and oxygen atoms in total. The summed E-state index contributed by atoms with van der Waals surface area (Å²) in [5.41, 5.74) is 2.47. The largest absolute Gasteiger partial charge is 0.465 e. The van der Waals surface area contributed by atoms with E-state index in [0.717, 1.165) is 0 Å². The number of nitrogens with zero attached hydrogens (tertiary/aromatic N) is 2. The lowest BCUT2D eigenvalue weighted by Crippen LogP contribution is -2.28. The highest BCUT2D eigenvalue weighted by atomic mass is 16.6. The zero-order chi connectivity index (χ0) is 26.7. The van der Waals surface area contributed by atoms with Gasteiger partial charge in [0.25, 0.3) is 11.6 Å². The minimum absolute atomic E-state index is 0.0127. The van der Waals surface area contributed by atoms with Crippen LogP contribution in [0, 0.1) is 17.0 Å². The molecule has 1 atom stereocenters. The monoisotopic (exact) mass is 495 g/mol. The summed E-state index contributed by atoms with van der Waals surface area (Å²) in [7, 11) is 1.28. The van der Waals surface area contributed by atoms with Crippen LogP contribution in [0.1, 0.15) is 82.7 Å². The number of nitro groups is 1. The number of benzene rings is 1. The van der Waals surface area contributed by atoms with Crippen LogP contribution in [0.2, 0.25) is 0 Å². The molecule has 36 heavy (non-hydrogen) atoms. The fraction of sp³-hybridized carbons (Fsp3) is 0.346. The molecule has 2 aliphatic rings. The van der Waals surface area contributed by atoms with Gasteiger partial charge in [0, 0.05) is 53.0 Å². The first-order valence-corrected chi connectivity index (χ1v) is 11.9. The molecule has 1 N–H and O–H groups in total. The number of methoxy groups -OCH3 is 1. The van der Waals surface area contributed by atoms with Gasteiger partial charge in [0.05, 0.1) is 23.3 Å². The SMILES string of the molecule is CC.CC.COC(=O)c1c(C)[nH]c2c1C1CCN(C(=O)c3cc4cc([N+](=O)[O-])ccc4o3)C1=CC2=O. The molecule has 10 heteroatoms. The van der Waals surface area contributed by atoms with Crippen LogP contribution in [0.5, 0.6) is 0 Å². The predicted octanol–water partition coefficient (Wildman–Crippen LogP) is 5.53. The summed E-state index contributed by atoms with van der Waals surface area (Å²) < 4.78 is 10.5. The number of fused-ring (bicyclic) bond motifs is 4. The van der Waals surface area contributed by atoms with Gasteiger partial charge in [-0.05, 0) is 25.5 Å². The number of allylic oxidation sites excluding steroid dienone is 2. The summed E-state index contributed by atoms with van der Waals surface area (Å²) in [6.45, 7) is 10.0. The number of ether oxygens (including phenoxy) is 1. The van der Waals surface area contributed by atoms with Gasteiger partial charge in [0.1, 0.15) is 5.58 Å². The number of nitro benzene ring substituents is 1. The third kappa shape index (κ3) is 4.30. The van der Waals surface area contributed by atoms with E-state index in [9.17, 15) is 24.5 Å². The average Bonchev–Trinajstić information content (AvgIpc) is 3.60. The zero-order valence-corrected chi connectivity index (χ0v) is 21.1. The van der Waals surface area contributed by atoms with Gasteiger partial charge in [-0.1, -0.05) is 27.7 Å². The van der Waals surface area contributed by atoms with Crippen molar-refractivity contribution in [2.75, 3.05) is 13.7 Å². The lowest BCUT2D eigenvalue weighted by atomic mass is 9.86. The molecule has 1 aromatic carbocycles. The van der Waals surface area contributed by atoms with Crippen molar-refractivity contribution < 1.29 is 28.5 Å². The molecule has 1 unspecified atom stereocenters. The molecule has 5 rings (SSSR count). The Balaban J connectivity index is 0.000000861.